The molecule has 0 atom stereocenters. The summed E-state index contributed by atoms with van der Waals surface area (Å²) < 4.78 is 21.0. The smallest absolute Gasteiger partial charge is 0.167 e. The van der Waals surface area contributed by atoms with Crippen molar-refractivity contribution in [3.05, 3.63) is 48.8 Å². The van der Waals surface area contributed by atoms with Gasteiger partial charge in [0.1, 0.15) is 0 Å². The van der Waals surface area contributed by atoms with Gasteiger partial charge in [0, 0.05) is 36.3 Å². The fraction of sp³-hybridized carbons (Fsp3) is 0.250. The molecule has 0 radical (unpaired) electrons. The Morgan fingerprint density at radius 1 is 1.15 bits per heavy atom. The van der Waals surface area contributed by atoms with E-state index in [9.17, 15) is 4.39 Å². The monoisotopic (exact) mass is 363 g/mol. The second-order valence-electron chi connectivity index (χ2n) is 7.01. The number of benzene rings is 1. The van der Waals surface area contributed by atoms with Gasteiger partial charge < -0.3 is 9.64 Å². The number of anilines is 1. The summed E-state index contributed by atoms with van der Waals surface area (Å²) in [5.74, 6) is 0.476. The van der Waals surface area contributed by atoms with Crippen molar-refractivity contribution in [2.75, 3.05) is 25.1 Å². The van der Waals surface area contributed by atoms with Crippen molar-refractivity contribution in [1.29, 1.82) is 0 Å². The van der Waals surface area contributed by atoms with Crippen LogP contribution in [0.5, 0.6) is 5.75 Å². The Morgan fingerprint density at radius 3 is 2.78 bits per heavy atom. The van der Waals surface area contributed by atoms with Crippen molar-refractivity contribution in [3.8, 4) is 16.9 Å². The molecule has 5 rings (SSSR count). The van der Waals surface area contributed by atoms with Crippen LogP contribution in [-0.4, -0.2) is 39.8 Å². The average Bonchev–Trinajstić information content (AvgIpc) is 3.07. The molecular weight excluding hydrogens is 345 g/mol. The molecule has 1 saturated heterocycles. The van der Waals surface area contributed by atoms with Gasteiger partial charge in [-0.25, -0.2) is 13.9 Å². The number of fused-ring (bicyclic) bond motifs is 2. The Bertz CT molecular complexity index is 1170. The summed E-state index contributed by atoms with van der Waals surface area (Å²) in [6, 6.07) is 4.95. The summed E-state index contributed by atoms with van der Waals surface area (Å²) in [5.41, 5.74) is 4.16. The molecule has 1 aliphatic rings. The first-order chi connectivity index (χ1) is 13.1. The van der Waals surface area contributed by atoms with Crippen LogP contribution in [0.15, 0.2) is 43.0 Å². The average molecular weight is 363 g/mol. The van der Waals surface area contributed by atoms with Crippen LogP contribution in [0.4, 0.5) is 10.1 Å². The van der Waals surface area contributed by atoms with Gasteiger partial charge in [-0.3, -0.25) is 4.98 Å². The highest BCUT2D eigenvalue weighted by Gasteiger charge is 2.23. The first-order valence-corrected chi connectivity index (χ1v) is 8.85. The highest BCUT2D eigenvalue weighted by molar-refractivity contribution is 5.98. The van der Waals surface area contributed by atoms with Gasteiger partial charge in [-0.1, -0.05) is 6.92 Å². The minimum absolute atomic E-state index is 0.190. The Morgan fingerprint density at radius 2 is 2.00 bits per heavy atom. The normalized spacial score (nSPS) is 14.7. The predicted molar refractivity (Wildman–Crippen MR) is 102 cm³/mol. The second kappa shape index (κ2) is 5.90. The number of hydrogen-bond acceptors (Lipinski definition) is 5. The van der Waals surface area contributed by atoms with Gasteiger partial charge >= 0.3 is 0 Å². The molecule has 4 aromatic rings. The van der Waals surface area contributed by atoms with E-state index in [2.05, 4.69) is 26.9 Å². The van der Waals surface area contributed by atoms with Gasteiger partial charge in [0.2, 0.25) is 0 Å². The zero-order chi connectivity index (χ0) is 18.5. The van der Waals surface area contributed by atoms with Crippen LogP contribution in [0.25, 0.3) is 27.7 Å². The van der Waals surface area contributed by atoms with Gasteiger partial charge in [-0.2, -0.15) is 5.10 Å². The fourth-order valence-corrected chi connectivity index (χ4v) is 3.67. The highest BCUT2D eigenvalue weighted by atomic mass is 19.1. The molecule has 0 bridgehead atoms. The number of aromatic nitrogens is 4. The minimum Gasteiger partial charge on any atom is -0.494 e. The number of rotatable bonds is 3. The van der Waals surface area contributed by atoms with E-state index < -0.39 is 5.82 Å². The Balaban J connectivity index is 1.65. The lowest BCUT2D eigenvalue weighted by Gasteiger charge is -2.38. The molecule has 6 nitrogen and oxygen atoms in total. The third-order valence-corrected chi connectivity index (χ3v) is 5.08. The van der Waals surface area contributed by atoms with Crippen LogP contribution >= 0.6 is 0 Å². The lowest BCUT2D eigenvalue weighted by atomic mass is 10.0. The maximum atomic E-state index is 14.0. The molecule has 0 saturated carbocycles. The van der Waals surface area contributed by atoms with Crippen LogP contribution in [-0.2, 0) is 0 Å². The van der Waals surface area contributed by atoms with E-state index in [0.29, 0.717) is 11.4 Å². The number of pyridine rings is 1. The summed E-state index contributed by atoms with van der Waals surface area (Å²) in [6.07, 6.45) is 7.34. The van der Waals surface area contributed by atoms with Crippen molar-refractivity contribution in [1.82, 2.24) is 19.6 Å². The molecule has 136 valence electrons. The van der Waals surface area contributed by atoms with Crippen molar-refractivity contribution in [2.24, 2.45) is 5.92 Å². The summed E-state index contributed by atoms with van der Waals surface area (Å²) in [6.45, 7) is 4.32. The Hall–Kier alpha value is -3.22. The number of methoxy groups -OCH3 is 1. The first kappa shape index (κ1) is 16.0. The lowest BCUT2D eigenvalue weighted by molar-refractivity contribution is 0.387. The molecule has 0 unspecified atom stereocenters. The third kappa shape index (κ3) is 2.50. The topological polar surface area (TPSA) is 55.6 Å². The van der Waals surface area contributed by atoms with E-state index in [1.54, 1.807) is 23.0 Å². The molecule has 4 heterocycles. The van der Waals surface area contributed by atoms with Crippen LogP contribution in [0, 0.1) is 11.7 Å². The Kier molecular flexibility index (Phi) is 3.50. The van der Waals surface area contributed by atoms with Crippen LogP contribution < -0.4 is 9.64 Å². The van der Waals surface area contributed by atoms with Gasteiger partial charge in [0.05, 0.1) is 36.9 Å². The lowest BCUT2D eigenvalue weighted by Crippen LogP contribution is -2.45. The predicted octanol–water partition coefficient (Wildman–Crippen LogP) is 3.55. The zero-order valence-corrected chi connectivity index (χ0v) is 15.1. The first-order valence-electron chi connectivity index (χ1n) is 8.85. The van der Waals surface area contributed by atoms with Crippen LogP contribution in [0.2, 0.25) is 0 Å². The molecule has 0 aliphatic carbocycles. The van der Waals surface area contributed by atoms with E-state index in [0.717, 1.165) is 40.9 Å². The number of halogens is 1. The van der Waals surface area contributed by atoms with Crippen molar-refractivity contribution >= 4 is 22.2 Å². The fourth-order valence-electron chi connectivity index (χ4n) is 3.67. The summed E-state index contributed by atoms with van der Waals surface area (Å²) in [5, 5.41) is 5.28. The molecule has 1 aromatic carbocycles. The third-order valence-electron chi connectivity index (χ3n) is 5.08. The van der Waals surface area contributed by atoms with E-state index >= 15 is 0 Å². The number of ether oxygens (including phenoxy) is 1. The molecule has 0 amide bonds. The zero-order valence-electron chi connectivity index (χ0n) is 15.1. The molecule has 1 aliphatic heterocycles. The standard InChI is InChI=1S/C20H18FN5O/c1-12-9-25(10-12)13-7-23-20-16(8-24-26(20)11-13)14-3-4-22-18-6-17(21)19(27-2)5-15(14)18/h3-8,11-12H,9-10H2,1-2H3. The molecule has 0 spiro atoms. The molecule has 1 fully saturated rings. The summed E-state index contributed by atoms with van der Waals surface area (Å²) >= 11 is 0. The van der Waals surface area contributed by atoms with E-state index in [1.807, 2.05) is 18.5 Å². The summed E-state index contributed by atoms with van der Waals surface area (Å²) in [4.78, 5) is 11.2. The van der Waals surface area contributed by atoms with Crippen molar-refractivity contribution in [2.45, 2.75) is 6.92 Å². The quantitative estimate of drug-likeness (QED) is 0.557. The van der Waals surface area contributed by atoms with Crippen LogP contribution in [0.3, 0.4) is 0 Å². The number of hydrogen-bond donors (Lipinski definition) is 0. The SMILES string of the molecule is COc1cc2c(-c3cnn4cc(N5CC(C)C5)cnc34)ccnc2cc1F. The van der Waals surface area contributed by atoms with Gasteiger partial charge in [0.15, 0.2) is 17.2 Å². The van der Waals surface area contributed by atoms with Gasteiger partial charge in [-0.15, -0.1) is 0 Å². The maximum absolute atomic E-state index is 14.0. The molecule has 0 N–H and O–H groups in total. The largest absolute Gasteiger partial charge is 0.494 e. The highest BCUT2D eigenvalue weighted by Crippen LogP contribution is 2.34. The van der Waals surface area contributed by atoms with Crippen LogP contribution in [0.1, 0.15) is 6.92 Å². The van der Waals surface area contributed by atoms with Crippen molar-refractivity contribution < 1.29 is 9.13 Å². The second-order valence-corrected chi connectivity index (χ2v) is 7.01. The van der Waals surface area contributed by atoms with E-state index in [-0.39, 0.29) is 5.75 Å². The van der Waals surface area contributed by atoms with Gasteiger partial charge in [0.25, 0.3) is 0 Å². The van der Waals surface area contributed by atoms with E-state index in [4.69, 9.17) is 4.74 Å². The van der Waals surface area contributed by atoms with Crippen molar-refractivity contribution in [3.63, 3.8) is 0 Å². The Labute approximate surface area is 155 Å². The maximum Gasteiger partial charge on any atom is 0.167 e. The molecule has 7 heteroatoms. The van der Waals surface area contributed by atoms with Gasteiger partial charge in [-0.05, 0) is 23.6 Å². The molecule has 27 heavy (non-hydrogen) atoms. The number of nitrogens with zero attached hydrogens (tertiary/aromatic N) is 5. The summed E-state index contributed by atoms with van der Waals surface area (Å²) in [7, 11) is 1.45. The molecule has 3 aromatic heterocycles. The molecular formula is C20H18FN5O. The minimum atomic E-state index is -0.430. The van der Waals surface area contributed by atoms with E-state index in [1.165, 1.54) is 13.2 Å².